The number of piperidine rings is 1. The maximum atomic E-state index is 14.2. The quantitative estimate of drug-likeness (QED) is 0.193. The van der Waals surface area contributed by atoms with Gasteiger partial charge in [-0.1, -0.05) is 75.8 Å². The fraction of sp³-hybridized carbons (Fsp3) is 0.463. The lowest BCUT2D eigenvalue weighted by molar-refractivity contribution is -0.00647. The van der Waals surface area contributed by atoms with Gasteiger partial charge in [-0.05, 0) is 68.9 Å². The Hall–Kier alpha value is -3.95. The smallest absolute Gasteiger partial charge is 0.248 e. The van der Waals surface area contributed by atoms with Crippen LogP contribution in [0.1, 0.15) is 82.7 Å². The Morgan fingerprint density at radius 1 is 1.00 bits per heavy atom. The van der Waals surface area contributed by atoms with Gasteiger partial charge >= 0.3 is 0 Å². The van der Waals surface area contributed by atoms with Crippen LogP contribution in [-0.4, -0.2) is 60.0 Å². The Bertz CT molecular complexity index is 2130. The maximum Gasteiger partial charge on any atom is 0.248 e. The van der Waals surface area contributed by atoms with Gasteiger partial charge in [0.2, 0.25) is 10.0 Å². The molecule has 2 aromatic carbocycles. The van der Waals surface area contributed by atoms with Gasteiger partial charge in [0.25, 0.3) is 0 Å². The van der Waals surface area contributed by atoms with Crippen molar-refractivity contribution in [3.8, 4) is 11.4 Å². The highest BCUT2D eigenvalue weighted by Crippen LogP contribution is 2.40. The third-order valence-corrected chi connectivity index (χ3v) is 13.5. The molecule has 0 radical (unpaired) electrons. The van der Waals surface area contributed by atoms with Crippen LogP contribution in [0.25, 0.3) is 22.3 Å². The Morgan fingerprint density at radius 3 is 2.52 bits per heavy atom. The highest BCUT2D eigenvalue weighted by Gasteiger charge is 2.41. The lowest BCUT2D eigenvalue weighted by atomic mass is 9.81. The summed E-state index contributed by atoms with van der Waals surface area (Å²) in [5.74, 6) is 2.06. The minimum Gasteiger partial charge on any atom is -0.381 e. The second-order valence-electron chi connectivity index (χ2n) is 15.8. The average Bonchev–Trinajstić information content (AvgIpc) is 3.52. The van der Waals surface area contributed by atoms with Crippen molar-refractivity contribution >= 4 is 32.4 Å². The molecule has 50 heavy (non-hydrogen) atoms. The van der Waals surface area contributed by atoms with Gasteiger partial charge in [0.1, 0.15) is 10.6 Å². The number of allylic oxidation sites excluding steroid dienone is 3. The highest BCUT2D eigenvalue weighted by molar-refractivity contribution is 7.91. The first-order valence-corrected chi connectivity index (χ1v) is 19.4. The maximum absolute atomic E-state index is 14.2. The summed E-state index contributed by atoms with van der Waals surface area (Å²) in [4.78, 5) is 15.6. The molecule has 0 bridgehead atoms. The van der Waals surface area contributed by atoms with Crippen LogP contribution in [0.2, 0.25) is 0 Å². The number of hydrogen-bond donors (Lipinski definition) is 0. The predicted octanol–water partition coefficient (Wildman–Crippen LogP) is 8.19. The van der Waals surface area contributed by atoms with Gasteiger partial charge in [-0.15, -0.1) is 0 Å². The monoisotopic (exact) mass is 693 g/mol. The molecule has 2 aromatic heterocycles. The van der Waals surface area contributed by atoms with E-state index in [2.05, 4.69) is 62.6 Å². The number of aryl methyl sites for hydroxylation is 1. The zero-order chi connectivity index (χ0) is 35.6. The topological polar surface area (TPSA) is 80.6 Å². The van der Waals surface area contributed by atoms with Crippen LogP contribution >= 0.6 is 0 Å². The number of ether oxygens (including phenoxy) is 1. The van der Waals surface area contributed by atoms with Gasteiger partial charge in [0, 0.05) is 73.5 Å². The molecular formula is C41H51N5O3S. The molecule has 1 unspecified atom stereocenters. The first-order chi connectivity index (χ1) is 23.7. The molecule has 9 heteroatoms. The fourth-order valence-electron chi connectivity index (χ4n) is 8.30. The number of rotatable bonds is 7. The molecule has 1 saturated heterocycles. The van der Waals surface area contributed by atoms with Crippen molar-refractivity contribution in [3.05, 3.63) is 94.8 Å². The summed E-state index contributed by atoms with van der Waals surface area (Å²) in [5.41, 5.74) is 8.59. The SMILES string of the molecule is COC1CCN(c2nc(-c3cccc4c3ccn4S(=O)(=O)[C@]3(C)C=CC=C(C)C3)nc3c2CN(c2cc(C(C)C)ccc2C)CC3)CC1(C)C. The van der Waals surface area contributed by atoms with Gasteiger partial charge in [-0.3, -0.25) is 0 Å². The molecular weight excluding hydrogens is 643 g/mol. The zero-order valence-corrected chi connectivity index (χ0v) is 31.6. The summed E-state index contributed by atoms with van der Waals surface area (Å²) in [6.45, 7) is 18.3. The predicted molar refractivity (Wildman–Crippen MR) is 205 cm³/mol. The van der Waals surface area contributed by atoms with Gasteiger partial charge in [-0.25, -0.2) is 22.4 Å². The summed E-state index contributed by atoms with van der Waals surface area (Å²) in [5, 5.41) is 0.828. The van der Waals surface area contributed by atoms with Crippen molar-refractivity contribution in [2.24, 2.45) is 5.41 Å². The second-order valence-corrected chi connectivity index (χ2v) is 18.1. The molecule has 1 aliphatic carbocycles. The van der Waals surface area contributed by atoms with Gasteiger partial charge in [-0.2, -0.15) is 0 Å². The largest absolute Gasteiger partial charge is 0.381 e. The van der Waals surface area contributed by atoms with Gasteiger partial charge in [0.15, 0.2) is 5.82 Å². The Balaban J connectivity index is 1.34. The van der Waals surface area contributed by atoms with E-state index in [9.17, 15) is 8.42 Å². The van der Waals surface area contributed by atoms with E-state index in [1.54, 1.807) is 6.20 Å². The number of nitrogens with zero attached hydrogens (tertiary/aromatic N) is 5. The van der Waals surface area contributed by atoms with Crippen LogP contribution in [0.3, 0.4) is 0 Å². The molecule has 4 aromatic rings. The highest BCUT2D eigenvalue weighted by atomic mass is 32.2. The lowest BCUT2D eigenvalue weighted by Gasteiger charge is -2.45. The van der Waals surface area contributed by atoms with Gasteiger partial charge < -0.3 is 14.5 Å². The minimum atomic E-state index is -3.76. The molecule has 8 nitrogen and oxygen atoms in total. The molecule has 1 fully saturated rings. The Kier molecular flexibility index (Phi) is 8.74. The zero-order valence-electron chi connectivity index (χ0n) is 30.8. The number of hydrogen-bond acceptors (Lipinski definition) is 7. The molecule has 264 valence electrons. The van der Waals surface area contributed by atoms with E-state index in [-0.39, 0.29) is 11.5 Å². The van der Waals surface area contributed by atoms with E-state index in [0.29, 0.717) is 23.7 Å². The average molecular weight is 694 g/mol. The second kappa shape index (κ2) is 12.7. The number of aromatic nitrogens is 3. The van der Waals surface area contributed by atoms with E-state index in [4.69, 9.17) is 14.7 Å². The van der Waals surface area contributed by atoms with Crippen LogP contribution in [0.4, 0.5) is 11.5 Å². The minimum absolute atomic E-state index is 0.0651. The summed E-state index contributed by atoms with van der Waals surface area (Å²) in [7, 11) is -1.95. The van der Waals surface area contributed by atoms with E-state index in [1.165, 1.54) is 26.4 Å². The summed E-state index contributed by atoms with van der Waals surface area (Å²) < 4.78 is 34.7. The molecule has 3 aliphatic rings. The third-order valence-electron chi connectivity index (χ3n) is 11.2. The molecule has 0 amide bonds. The van der Waals surface area contributed by atoms with E-state index < -0.39 is 14.8 Å². The number of anilines is 2. The standard InChI is InChI=1S/C41H51N5O3S/c1-27(2)30-15-14-29(4)36(23-30)44-20-17-34-33(25-44)39(45-21-18-37(49-8)40(5,6)26-45)43-38(42-34)32-12-9-13-35-31(32)16-22-46(35)50(47,48)41(7)19-10-11-28(3)24-41/h9-16,19,22-23,27,37H,17-18,20-21,24-26H2,1-8H3/t37?,41-/m1/s1. The normalized spacial score (nSPS) is 22.3. The van der Waals surface area contributed by atoms with Crippen LogP contribution in [0.5, 0.6) is 0 Å². The van der Waals surface area contributed by atoms with Crippen LogP contribution in [-0.2, 0) is 27.7 Å². The van der Waals surface area contributed by atoms with E-state index >= 15 is 0 Å². The molecule has 0 saturated carbocycles. The summed E-state index contributed by atoms with van der Waals surface area (Å²) in [6.07, 6.45) is 9.67. The molecule has 0 spiro atoms. The van der Waals surface area contributed by atoms with E-state index in [0.717, 1.165) is 67.1 Å². The number of benzene rings is 2. The third kappa shape index (κ3) is 5.86. The molecule has 2 aliphatic heterocycles. The van der Waals surface area contributed by atoms with Crippen molar-refractivity contribution in [3.63, 3.8) is 0 Å². The summed E-state index contributed by atoms with van der Waals surface area (Å²) in [6, 6.07) is 14.6. The van der Waals surface area contributed by atoms with Crippen molar-refractivity contribution in [1.82, 2.24) is 13.9 Å². The fourth-order valence-corrected chi connectivity index (χ4v) is 10.1. The van der Waals surface area contributed by atoms with Crippen molar-refractivity contribution in [1.29, 1.82) is 0 Å². The number of methoxy groups -OCH3 is 1. The lowest BCUT2D eigenvalue weighted by Crippen LogP contribution is -2.50. The van der Waals surface area contributed by atoms with Crippen LogP contribution in [0.15, 0.2) is 72.5 Å². The van der Waals surface area contributed by atoms with Crippen LogP contribution in [0, 0.1) is 12.3 Å². The van der Waals surface area contributed by atoms with Crippen molar-refractivity contribution < 1.29 is 13.2 Å². The Morgan fingerprint density at radius 2 is 1.80 bits per heavy atom. The van der Waals surface area contributed by atoms with E-state index in [1.807, 2.05) is 63.5 Å². The summed E-state index contributed by atoms with van der Waals surface area (Å²) >= 11 is 0. The first kappa shape index (κ1) is 34.5. The van der Waals surface area contributed by atoms with Crippen LogP contribution < -0.4 is 9.80 Å². The molecule has 7 rings (SSSR count). The van der Waals surface area contributed by atoms with Crippen molar-refractivity contribution in [2.45, 2.75) is 91.0 Å². The molecule has 4 heterocycles. The number of fused-ring (bicyclic) bond motifs is 2. The first-order valence-electron chi connectivity index (χ1n) is 18.0. The molecule has 0 N–H and O–H groups in total. The molecule has 2 atom stereocenters. The van der Waals surface area contributed by atoms with Gasteiger partial charge in [0.05, 0.1) is 17.3 Å². The van der Waals surface area contributed by atoms with Crippen molar-refractivity contribution in [2.75, 3.05) is 36.5 Å². The Labute approximate surface area is 297 Å².